The number of aromatic carboxylic acids is 1. The van der Waals surface area contributed by atoms with Crippen molar-refractivity contribution in [1.82, 2.24) is 0 Å². The monoisotopic (exact) mass is 461 g/mol. The number of aliphatic carboxylic acids is 1. The van der Waals surface area contributed by atoms with E-state index >= 15 is 0 Å². The van der Waals surface area contributed by atoms with Crippen molar-refractivity contribution in [3.8, 4) is 0 Å². The SMILES string of the molecule is O=C(O)C(=O)Nc1c(I)cc(I)cc1C(=O)O. The summed E-state index contributed by atoms with van der Waals surface area (Å²) in [6, 6.07) is 2.98. The molecule has 6 nitrogen and oxygen atoms in total. The zero-order valence-electron chi connectivity index (χ0n) is 8.03. The number of carbonyl (C=O) groups is 3. The Balaban J connectivity index is 3.26. The van der Waals surface area contributed by atoms with Crippen LogP contribution < -0.4 is 5.32 Å². The molecule has 0 radical (unpaired) electrons. The molecular formula is C9H5I2NO5. The van der Waals surface area contributed by atoms with Crippen LogP contribution in [0.4, 0.5) is 5.69 Å². The number of hydrogen-bond acceptors (Lipinski definition) is 3. The minimum Gasteiger partial charge on any atom is -0.478 e. The van der Waals surface area contributed by atoms with E-state index in [-0.39, 0.29) is 11.3 Å². The third-order valence-corrected chi connectivity index (χ3v) is 3.19. The standard InChI is InChI=1S/C9H5I2NO5/c10-3-1-4(8(14)15)6(5(11)2-3)12-7(13)9(16)17/h1-2H,(H,12,13)(H,14,15)(H,16,17). The van der Waals surface area contributed by atoms with E-state index in [1.165, 1.54) is 6.07 Å². The lowest BCUT2D eigenvalue weighted by Crippen LogP contribution is -2.24. The highest BCUT2D eigenvalue weighted by Crippen LogP contribution is 2.26. The van der Waals surface area contributed by atoms with E-state index in [1.807, 2.05) is 45.2 Å². The van der Waals surface area contributed by atoms with Crippen molar-refractivity contribution in [3.63, 3.8) is 0 Å². The van der Waals surface area contributed by atoms with Gasteiger partial charge in [0.1, 0.15) is 0 Å². The van der Waals surface area contributed by atoms with E-state index < -0.39 is 17.8 Å². The molecule has 0 aromatic heterocycles. The van der Waals surface area contributed by atoms with Crippen LogP contribution in [0.25, 0.3) is 0 Å². The molecule has 1 rings (SSSR count). The number of halogens is 2. The van der Waals surface area contributed by atoms with E-state index in [0.29, 0.717) is 7.14 Å². The topological polar surface area (TPSA) is 104 Å². The number of rotatable bonds is 2. The highest BCUT2D eigenvalue weighted by molar-refractivity contribution is 14.1. The van der Waals surface area contributed by atoms with Crippen molar-refractivity contribution in [2.24, 2.45) is 0 Å². The molecule has 0 aliphatic heterocycles. The second kappa shape index (κ2) is 5.62. The maximum absolute atomic E-state index is 11.0. The first kappa shape index (κ1) is 14.2. The van der Waals surface area contributed by atoms with Gasteiger partial charge in [0.25, 0.3) is 0 Å². The van der Waals surface area contributed by atoms with Crippen molar-refractivity contribution in [2.75, 3.05) is 5.32 Å². The Bertz CT molecular complexity index is 514. The predicted octanol–water partition coefficient (Wildman–Crippen LogP) is 1.62. The predicted molar refractivity (Wildman–Crippen MR) is 75.1 cm³/mol. The molecular weight excluding hydrogens is 456 g/mol. The Morgan fingerprint density at radius 2 is 1.71 bits per heavy atom. The van der Waals surface area contributed by atoms with Gasteiger partial charge in [0.15, 0.2) is 0 Å². The Kier molecular flexibility index (Phi) is 4.68. The lowest BCUT2D eigenvalue weighted by Gasteiger charge is -2.09. The smallest absolute Gasteiger partial charge is 0.394 e. The maximum Gasteiger partial charge on any atom is 0.394 e. The van der Waals surface area contributed by atoms with Gasteiger partial charge in [0, 0.05) is 7.14 Å². The largest absolute Gasteiger partial charge is 0.478 e. The number of carboxylic acids is 2. The summed E-state index contributed by atoms with van der Waals surface area (Å²) in [6.07, 6.45) is 0. The third-order valence-electron chi connectivity index (χ3n) is 1.72. The van der Waals surface area contributed by atoms with E-state index in [2.05, 4.69) is 5.32 Å². The van der Waals surface area contributed by atoms with Crippen molar-refractivity contribution >= 4 is 68.7 Å². The first-order valence-corrected chi connectivity index (χ1v) is 6.25. The fourth-order valence-electron chi connectivity index (χ4n) is 1.04. The molecule has 0 fully saturated rings. The summed E-state index contributed by atoms with van der Waals surface area (Å²) in [7, 11) is 0. The molecule has 0 bridgehead atoms. The second-order valence-corrected chi connectivity index (χ2v) is 5.28. The quantitative estimate of drug-likeness (QED) is 0.459. The number of benzene rings is 1. The van der Waals surface area contributed by atoms with E-state index in [4.69, 9.17) is 10.2 Å². The van der Waals surface area contributed by atoms with Crippen LogP contribution in [0.1, 0.15) is 10.4 Å². The third kappa shape index (κ3) is 3.52. The van der Waals surface area contributed by atoms with E-state index in [0.717, 1.165) is 0 Å². The molecule has 0 aliphatic carbocycles. The minimum absolute atomic E-state index is 0.00841. The zero-order chi connectivity index (χ0) is 13.2. The summed E-state index contributed by atoms with van der Waals surface area (Å²) in [6.45, 7) is 0. The van der Waals surface area contributed by atoms with Crippen LogP contribution in [0.5, 0.6) is 0 Å². The van der Waals surface area contributed by atoms with Gasteiger partial charge >= 0.3 is 17.8 Å². The fraction of sp³-hybridized carbons (Fsp3) is 0. The number of carbonyl (C=O) groups excluding carboxylic acids is 1. The molecule has 17 heavy (non-hydrogen) atoms. The van der Waals surface area contributed by atoms with Crippen molar-refractivity contribution in [1.29, 1.82) is 0 Å². The molecule has 0 unspecified atom stereocenters. The normalized spacial score (nSPS) is 9.76. The van der Waals surface area contributed by atoms with Crippen LogP contribution in [0.2, 0.25) is 0 Å². The van der Waals surface area contributed by atoms with Gasteiger partial charge in [0.05, 0.1) is 11.3 Å². The number of nitrogens with one attached hydrogen (secondary N) is 1. The van der Waals surface area contributed by atoms with Crippen molar-refractivity contribution in [3.05, 3.63) is 24.8 Å². The van der Waals surface area contributed by atoms with Gasteiger partial charge in [-0.05, 0) is 57.3 Å². The molecule has 1 amide bonds. The molecule has 0 heterocycles. The zero-order valence-corrected chi connectivity index (χ0v) is 12.3. The highest BCUT2D eigenvalue weighted by Gasteiger charge is 2.19. The molecule has 3 N–H and O–H groups in total. The minimum atomic E-state index is -1.67. The van der Waals surface area contributed by atoms with Crippen molar-refractivity contribution in [2.45, 2.75) is 0 Å². The van der Waals surface area contributed by atoms with Gasteiger partial charge in [-0.15, -0.1) is 0 Å². The average molecular weight is 461 g/mol. The Morgan fingerprint density at radius 1 is 1.12 bits per heavy atom. The summed E-state index contributed by atoms with van der Waals surface area (Å²) in [5, 5.41) is 19.5. The molecule has 90 valence electrons. The summed E-state index contributed by atoms with van der Waals surface area (Å²) < 4.78 is 1.14. The van der Waals surface area contributed by atoms with Gasteiger partial charge in [-0.25, -0.2) is 9.59 Å². The van der Waals surface area contributed by atoms with Crippen LogP contribution in [0, 0.1) is 7.14 Å². The lowest BCUT2D eigenvalue weighted by molar-refractivity contribution is -0.147. The maximum atomic E-state index is 11.0. The fourth-order valence-corrected chi connectivity index (χ4v) is 3.02. The van der Waals surface area contributed by atoms with Gasteiger partial charge < -0.3 is 15.5 Å². The average Bonchev–Trinajstić information content (AvgIpc) is 2.20. The molecule has 0 spiro atoms. The van der Waals surface area contributed by atoms with E-state index in [9.17, 15) is 14.4 Å². The second-order valence-electron chi connectivity index (χ2n) is 2.87. The number of anilines is 1. The first-order valence-electron chi connectivity index (χ1n) is 4.09. The van der Waals surface area contributed by atoms with Crippen molar-refractivity contribution < 1.29 is 24.6 Å². The van der Waals surface area contributed by atoms with Crippen LogP contribution in [-0.4, -0.2) is 28.1 Å². The molecule has 0 saturated heterocycles. The summed E-state index contributed by atoms with van der Waals surface area (Å²) in [5.74, 6) is -4.18. The Morgan fingerprint density at radius 3 is 2.18 bits per heavy atom. The van der Waals surface area contributed by atoms with Gasteiger partial charge in [-0.3, -0.25) is 4.79 Å². The Labute approximate surface area is 123 Å². The molecule has 0 saturated carbocycles. The Hall–Kier alpha value is -0.910. The highest BCUT2D eigenvalue weighted by atomic mass is 127. The number of hydrogen-bond donors (Lipinski definition) is 3. The number of carboxylic acid groups (broad SMARTS) is 2. The van der Waals surface area contributed by atoms with E-state index in [1.54, 1.807) is 6.07 Å². The summed E-state index contributed by atoms with van der Waals surface area (Å²) in [5.41, 5.74) is -0.151. The molecule has 8 heteroatoms. The van der Waals surface area contributed by atoms with Crippen LogP contribution in [-0.2, 0) is 9.59 Å². The van der Waals surface area contributed by atoms with Crippen LogP contribution in [0.3, 0.4) is 0 Å². The molecule has 1 aromatic carbocycles. The van der Waals surface area contributed by atoms with Crippen LogP contribution >= 0.6 is 45.2 Å². The molecule has 0 aliphatic rings. The lowest BCUT2D eigenvalue weighted by atomic mass is 10.2. The first-order chi connectivity index (χ1) is 7.82. The van der Waals surface area contributed by atoms with Gasteiger partial charge in [-0.1, -0.05) is 0 Å². The molecule has 0 atom stereocenters. The summed E-state index contributed by atoms with van der Waals surface area (Å²) >= 11 is 3.76. The summed E-state index contributed by atoms with van der Waals surface area (Å²) in [4.78, 5) is 32.4. The van der Waals surface area contributed by atoms with Gasteiger partial charge in [-0.2, -0.15) is 0 Å². The molecule has 1 aromatic rings. The van der Waals surface area contributed by atoms with Gasteiger partial charge in [0.2, 0.25) is 0 Å². The van der Waals surface area contributed by atoms with Crippen LogP contribution in [0.15, 0.2) is 12.1 Å². The number of amides is 1.